The van der Waals surface area contributed by atoms with Gasteiger partial charge in [0, 0.05) is 32.7 Å². The highest BCUT2D eigenvalue weighted by Crippen LogP contribution is 2.14. The maximum absolute atomic E-state index is 12.4. The van der Waals surface area contributed by atoms with Crippen LogP contribution in [0.25, 0.3) is 0 Å². The Morgan fingerprint density at radius 2 is 2.09 bits per heavy atom. The van der Waals surface area contributed by atoms with Crippen molar-refractivity contribution in [2.24, 2.45) is 5.92 Å². The topological polar surface area (TPSA) is 99.8 Å². The van der Waals surface area contributed by atoms with Gasteiger partial charge < -0.3 is 20.7 Å². The number of carbonyl (C=O) groups excluding carboxylic acids is 3. The summed E-state index contributed by atoms with van der Waals surface area (Å²) < 4.78 is 5.37. The minimum atomic E-state index is -0.622. The molecule has 130 valence electrons. The van der Waals surface area contributed by atoms with Crippen molar-refractivity contribution in [2.45, 2.75) is 38.8 Å². The minimum absolute atomic E-state index is 0.0314. The molecule has 0 aromatic rings. The third kappa shape index (κ3) is 4.82. The molecule has 0 spiro atoms. The van der Waals surface area contributed by atoms with Gasteiger partial charge in [-0.3, -0.25) is 14.5 Å². The van der Waals surface area contributed by atoms with Crippen LogP contribution in [-0.2, 0) is 14.3 Å². The average molecular weight is 326 g/mol. The maximum atomic E-state index is 12.4. The first kappa shape index (κ1) is 17.5. The Morgan fingerprint density at radius 1 is 1.35 bits per heavy atom. The number of ether oxygens (including phenoxy) is 1. The third-order valence-corrected chi connectivity index (χ3v) is 3.86. The lowest BCUT2D eigenvalue weighted by molar-refractivity contribution is -0.127. The van der Waals surface area contributed by atoms with Crippen molar-refractivity contribution in [1.29, 1.82) is 0 Å². The molecule has 0 radical (unpaired) electrons. The van der Waals surface area contributed by atoms with Gasteiger partial charge in [0.15, 0.2) is 0 Å². The molecule has 0 aliphatic carbocycles. The summed E-state index contributed by atoms with van der Waals surface area (Å²) in [6, 6.07) is -0.622. The number of rotatable bonds is 3. The summed E-state index contributed by atoms with van der Waals surface area (Å²) >= 11 is 0. The highest BCUT2D eigenvalue weighted by Gasteiger charge is 2.35. The van der Waals surface area contributed by atoms with E-state index >= 15 is 0 Å². The smallest absolute Gasteiger partial charge is 0.411 e. The normalized spacial score (nSPS) is 25.0. The van der Waals surface area contributed by atoms with Gasteiger partial charge in [-0.1, -0.05) is 0 Å². The number of carbonyl (C=O) groups is 3. The monoisotopic (exact) mass is 326 g/mol. The van der Waals surface area contributed by atoms with Crippen LogP contribution >= 0.6 is 0 Å². The third-order valence-electron chi connectivity index (χ3n) is 3.86. The summed E-state index contributed by atoms with van der Waals surface area (Å²) in [4.78, 5) is 37.7. The molecule has 2 heterocycles. The molecule has 3 amide bonds. The van der Waals surface area contributed by atoms with Crippen molar-refractivity contribution in [3.05, 3.63) is 0 Å². The van der Waals surface area contributed by atoms with Crippen LogP contribution in [0.2, 0.25) is 0 Å². The summed E-state index contributed by atoms with van der Waals surface area (Å²) in [5, 5.41) is 8.63. The van der Waals surface area contributed by atoms with Crippen LogP contribution < -0.4 is 16.0 Å². The first-order chi connectivity index (χ1) is 10.8. The van der Waals surface area contributed by atoms with E-state index in [-0.39, 0.29) is 17.7 Å². The van der Waals surface area contributed by atoms with Gasteiger partial charge in [0.05, 0.1) is 5.92 Å². The predicted molar refractivity (Wildman–Crippen MR) is 83.7 cm³/mol. The van der Waals surface area contributed by atoms with Crippen molar-refractivity contribution >= 4 is 17.9 Å². The number of hydrogen-bond acceptors (Lipinski definition) is 5. The second-order valence-electron chi connectivity index (χ2n) is 6.92. The molecular weight excluding hydrogens is 300 g/mol. The molecule has 0 aromatic carbocycles. The molecule has 23 heavy (non-hydrogen) atoms. The molecule has 8 heteroatoms. The number of nitrogens with one attached hydrogen (secondary N) is 3. The van der Waals surface area contributed by atoms with Crippen molar-refractivity contribution in [1.82, 2.24) is 20.9 Å². The molecule has 8 nitrogen and oxygen atoms in total. The van der Waals surface area contributed by atoms with E-state index in [1.165, 1.54) is 4.90 Å². The number of amides is 3. The van der Waals surface area contributed by atoms with Crippen LogP contribution in [0.3, 0.4) is 0 Å². The zero-order valence-corrected chi connectivity index (χ0v) is 14.0. The molecule has 2 atom stereocenters. The first-order valence-corrected chi connectivity index (χ1v) is 8.03. The van der Waals surface area contributed by atoms with E-state index in [1.807, 2.05) is 0 Å². The predicted octanol–water partition coefficient (Wildman–Crippen LogP) is -0.552. The fourth-order valence-corrected chi connectivity index (χ4v) is 2.66. The first-order valence-electron chi connectivity index (χ1n) is 8.03. The van der Waals surface area contributed by atoms with Gasteiger partial charge in [-0.25, -0.2) is 4.79 Å². The largest absolute Gasteiger partial charge is 0.444 e. The summed E-state index contributed by atoms with van der Waals surface area (Å²) in [5.41, 5.74) is -0.606. The summed E-state index contributed by atoms with van der Waals surface area (Å²) in [6.07, 6.45) is 0.232. The van der Waals surface area contributed by atoms with Gasteiger partial charge >= 0.3 is 6.09 Å². The Hall–Kier alpha value is -1.83. The minimum Gasteiger partial charge on any atom is -0.444 e. The number of piperazine rings is 1. The van der Waals surface area contributed by atoms with E-state index in [0.29, 0.717) is 32.7 Å². The van der Waals surface area contributed by atoms with Gasteiger partial charge in [0.25, 0.3) is 0 Å². The molecular formula is C15H26N4O4. The van der Waals surface area contributed by atoms with Gasteiger partial charge in [-0.05, 0) is 27.2 Å². The van der Waals surface area contributed by atoms with Crippen molar-refractivity contribution in [2.75, 3.05) is 32.7 Å². The average Bonchev–Trinajstić information content (AvgIpc) is 2.88. The lowest BCUT2D eigenvalue weighted by atomic mass is 10.1. The Labute approximate surface area is 136 Å². The number of hydrogen-bond donors (Lipinski definition) is 3. The Morgan fingerprint density at radius 3 is 2.70 bits per heavy atom. The number of nitrogens with zero attached hydrogens (tertiary/aromatic N) is 1. The fourth-order valence-electron chi connectivity index (χ4n) is 2.66. The van der Waals surface area contributed by atoms with E-state index in [2.05, 4.69) is 16.0 Å². The quantitative estimate of drug-likeness (QED) is 0.646. The second kappa shape index (κ2) is 7.16. The standard InChI is InChI=1S/C15H26N4O4/c1-15(2,3)23-14(22)19-7-6-16-9-11(19)13(21)18-8-10-4-5-17-12(10)20/h10-11,16H,4-9H2,1-3H3,(H,17,20)(H,18,21). The van der Waals surface area contributed by atoms with Gasteiger partial charge in [0.1, 0.15) is 11.6 Å². The Bertz CT molecular complexity index is 475. The molecule has 2 aliphatic rings. The molecule has 2 fully saturated rings. The van der Waals surface area contributed by atoms with Gasteiger partial charge in [-0.15, -0.1) is 0 Å². The highest BCUT2D eigenvalue weighted by atomic mass is 16.6. The van der Waals surface area contributed by atoms with Crippen LogP contribution in [0.1, 0.15) is 27.2 Å². The second-order valence-corrected chi connectivity index (χ2v) is 6.92. The van der Waals surface area contributed by atoms with E-state index in [9.17, 15) is 14.4 Å². The van der Waals surface area contributed by atoms with Crippen molar-refractivity contribution in [3.63, 3.8) is 0 Å². The van der Waals surface area contributed by atoms with E-state index < -0.39 is 17.7 Å². The highest BCUT2D eigenvalue weighted by molar-refractivity contribution is 5.87. The molecule has 2 unspecified atom stereocenters. The van der Waals surface area contributed by atoms with Crippen LogP contribution in [0, 0.1) is 5.92 Å². The van der Waals surface area contributed by atoms with Crippen molar-refractivity contribution < 1.29 is 19.1 Å². The molecule has 0 bridgehead atoms. The van der Waals surface area contributed by atoms with E-state index in [4.69, 9.17) is 4.74 Å². The molecule has 2 rings (SSSR count). The van der Waals surface area contributed by atoms with Gasteiger partial charge in [0.2, 0.25) is 11.8 Å². The zero-order valence-electron chi connectivity index (χ0n) is 14.0. The summed E-state index contributed by atoms with van der Waals surface area (Å²) in [6.45, 7) is 7.73. The van der Waals surface area contributed by atoms with E-state index in [1.54, 1.807) is 20.8 Å². The van der Waals surface area contributed by atoms with Crippen LogP contribution in [-0.4, -0.2) is 67.2 Å². The Balaban J connectivity index is 1.92. The van der Waals surface area contributed by atoms with Crippen molar-refractivity contribution in [3.8, 4) is 0 Å². The van der Waals surface area contributed by atoms with Gasteiger partial charge in [-0.2, -0.15) is 0 Å². The summed E-state index contributed by atoms with van der Waals surface area (Å²) in [5.74, 6) is -0.482. The lowest BCUT2D eigenvalue weighted by Crippen LogP contribution is -2.60. The zero-order chi connectivity index (χ0) is 17.0. The fraction of sp³-hybridized carbons (Fsp3) is 0.800. The van der Waals surface area contributed by atoms with Crippen LogP contribution in [0.5, 0.6) is 0 Å². The summed E-state index contributed by atoms with van der Waals surface area (Å²) in [7, 11) is 0. The SMILES string of the molecule is CC(C)(C)OC(=O)N1CCNCC1C(=O)NCC1CCNC1=O. The molecule has 2 aliphatic heterocycles. The lowest BCUT2D eigenvalue weighted by Gasteiger charge is -2.36. The van der Waals surface area contributed by atoms with E-state index in [0.717, 1.165) is 6.42 Å². The molecule has 0 saturated carbocycles. The molecule has 3 N–H and O–H groups in total. The molecule has 0 aromatic heterocycles. The van der Waals surface area contributed by atoms with Crippen LogP contribution in [0.4, 0.5) is 4.79 Å². The van der Waals surface area contributed by atoms with Crippen LogP contribution in [0.15, 0.2) is 0 Å². The molecule has 2 saturated heterocycles. The Kier molecular flexibility index (Phi) is 5.46. The maximum Gasteiger partial charge on any atom is 0.411 e.